The maximum absolute atomic E-state index is 13.4. The van der Waals surface area contributed by atoms with Crippen molar-refractivity contribution in [3.05, 3.63) is 21.2 Å². The van der Waals surface area contributed by atoms with Crippen molar-refractivity contribution in [1.29, 1.82) is 0 Å². The second-order valence-electron chi connectivity index (χ2n) is 26.1. The van der Waals surface area contributed by atoms with Crippen molar-refractivity contribution in [1.82, 2.24) is 0 Å². The number of aliphatic hydroxyl groups is 6. The predicted octanol–water partition coefficient (Wildman–Crippen LogP) is -0.279. The highest BCUT2D eigenvalue weighted by Gasteiger charge is 2.73. The van der Waals surface area contributed by atoms with E-state index in [0.717, 1.165) is 0 Å². The molecule has 0 radical (unpaired) electrons. The van der Waals surface area contributed by atoms with Crippen molar-refractivity contribution in [2.75, 3.05) is 47.9 Å². The first-order valence-corrected chi connectivity index (χ1v) is 32.2. The van der Waals surface area contributed by atoms with Gasteiger partial charge in [-0.2, -0.15) is 0 Å². The molecule has 0 bridgehead atoms. The third-order valence-electron chi connectivity index (χ3n) is 19.2. The number of aliphatic hydroxyl groups excluding tert-OH is 5. The van der Waals surface area contributed by atoms with Gasteiger partial charge in [0.2, 0.25) is 6.29 Å². The number of halogens is 2. The van der Waals surface area contributed by atoms with Gasteiger partial charge in [0.05, 0.1) is 73.8 Å². The number of aromatic hydroxyl groups is 2. The van der Waals surface area contributed by atoms with Gasteiger partial charge in [-0.3, -0.25) is 9.59 Å². The number of esters is 2. The summed E-state index contributed by atoms with van der Waals surface area (Å²) in [4.78, 5) is 39.6. The summed E-state index contributed by atoms with van der Waals surface area (Å²) >= 11 is 12.1. The van der Waals surface area contributed by atoms with Crippen LogP contribution in [-0.2, 0) is 114 Å². The van der Waals surface area contributed by atoms with Crippen LogP contribution >= 0.6 is 23.2 Å². The Balaban J connectivity index is 0.731. The number of ketones is 1. The molecule has 0 aromatic heterocycles. The number of hydrogen-bond acceptors (Lipinski definition) is 33. The first-order chi connectivity index (χ1) is 44.9. The molecule has 0 saturated carbocycles. The van der Waals surface area contributed by atoms with Crippen molar-refractivity contribution in [2.24, 2.45) is 5.92 Å². The van der Waals surface area contributed by atoms with E-state index in [2.05, 4.69) is 0 Å². The van der Waals surface area contributed by atoms with Gasteiger partial charge in [-0.25, -0.2) is 4.79 Å². The molecule has 2 spiro atoms. The quantitative estimate of drug-likeness (QED) is 0.0876. The fourth-order valence-electron chi connectivity index (χ4n) is 14.4. The first kappa shape index (κ1) is 73.2. The maximum Gasteiger partial charge on any atom is 0.342 e. The van der Waals surface area contributed by atoms with Crippen molar-refractivity contribution in [3.8, 4) is 11.5 Å². The van der Waals surface area contributed by atoms with Crippen molar-refractivity contribution in [3.63, 3.8) is 0 Å². The average molecular weight is 1410 g/mol. The van der Waals surface area contributed by atoms with E-state index in [-0.39, 0.29) is 49.9 Å². The van der Waals surface area contributed by atoms with E-state index in [1.165, 1.54) is 49.0 Å². The summed E-state index contributed by atoms with van der Waals surface area (Å²) < 4.78 is 136. The second kappa shape index (κ2) is 28.4. The fraction of sp³-hybridized carbons (Fsp3) is 0.850. The third kappa shape index (κ3) is 13.4. The SMILES string of the molecule is COC[C@H]1O[C@@H](O[C@H]2OC[C@@H]3O[C@]4(O[C@H]3[C@H]2OC(=O)C(C)C)O[C@H](C)[C@@](O)(C(C)=O)[C@@H]2OCO[C@H]24)[C@@H](OC)[C@@H](O)[C@@H]1O[C@@H]1O[C@H](CO)[C@H](OC)[C@H](O[C@H]2C[C@@]3(C)OC4(C[C@@H](O)[C@H](O[C@H]5C[C@@H](O)[C@H](OC(=O)c6c(C)c(Cl)c(O)c(Cl)c6O)[C@@H](C)O5)[C@@H](C)O4)O[C@@H]3[C@@H](C)O2)[C@H]1O. The topological polar surface area (TPSA) is 416 Å². The van der Waals surface area contributed by atoms with Crippen LogP contribution in [-0.4, -0.2) is 295 Å². The van der Waals surface area contributed by atoms with Crippen LogP contribution in [0.15, 0.2) is 0 Å². The largest absolute Gasteiger partial charge is 0.505 e. The van der Waals surface area contributed by atoms with Crippen LogP contribution in [0.25, 0.3) is 0 Å². The lowest BCUT2D eigenvalue weighted by molar-refractivity contribution is -0.428. The summed E-state index contributed by atoms with van der Waals surface area (Å²) in [6, 6.07) is 0. The Bertz CT molecular complexity index is 2860. The second-order valence-corrected chi connectivity index (χ2v) is 26.8. The molecule has 10 aliphatic rings. The average Bonchev–Trinajstić information content (AvgIpc) is 1.59. The normalized spacial score (nSPS) is 47.4. The number of benzene rings is 1. The number of ether oxygens (including phenoxy) is 22. The minimum Gasteiger partial charge on any atom is -0.505 e. The molecule has 31 atom stereocenters. The number of fused-ring (bicyclic) bond motifs is 4. The Morgan fingerprint density at radius 1 is 0.653 bits per heavy atom. The Hall–Kier alpha value is -3.03. The summed E-state index contributed by atoms with van der Waals surface area (Å²) in [5.74, 6) is -8.42. The zero-order valence-electron chi connectivity index (χ0n) is 54.2. The van der Waals surface area contributed by atoms with E-state index in [1.807, 2.05) is 0 Å². The van der Waals surface area contributed by atoms with Crippen molar-refractivity contribution >= 4 is 40.9 Å². The minimum atomic E-state index is -2.14. The van der Waals surface area contributed by atoms with Gasteiger partial charge < -0.3 is 145 Å². The van der Waals surface area contributed by atoms with Gasteiger partial charge in [0.15, 0.2) is 66.4 Å². The van der Waals surface area contributed by atoms with Gasteiger partial charge in [0.1, 0.15) is 102 Å². The number of carbonyl (C=O) groups is 3. The Labute approximate surface area is 555 Å². The van der Waals surface area contributed by atoms with Crippen LogP contribution in [0.4, 0.5) is 0 Å². The van der Waals surface area contributed by atoms with Gasteiger partial charge in [-0.1, -0.05) is 37.0 Å². The van der Waals surface area contributed by atoms with Crippen LogP contribution in [0.5, 0.6) is 11.5 Å². The molecule has 1 aromatic rings. The van der Waals surface area contributed by atoms with Gasteiger partial charge >= 0.3 is 17.9 Å². The number of phenols is 2. The van der Waals surface area contributed by atoms with E-state index in [1.54, 1.807) is 34.6 Å². The van der Waals surface area contributed by atoms with E-state index < -0.39 is 241 Å². The summed E-state index contributed by atoms with van der Waals surface area (Å²) in [7, 11) is 3.94. The maximum atomic E-state index is 13.4. The molecule has 10 saturated heterocycles. The zero-order chi connectivity index (χ0) is 68.9. The molecule has 8 N–H and O–H groups in total. The molecule has 538 valence electrons. The summed E-state index contributed by atoms with van der Waals surface area (Å²) in [6.07, 6.45) is -35.0. The highest BCUT2D eigenvalue weighted by Crippen LogP contribution is 2.53. The fourth-order valence-corrected chi connectivity index (χ4v) is 14.8. The van der Waals surface area contributed by atoms with Crippen LogP contribution in [0.3, 0.4) is 0 Å². The number of phenolic OH excluding ortho intramolecular Hbond substituents is 2. The molecule has 1 aromatic carbocycles. The molecule has 0 aliphatic carbocycles. The van der Waals surface area contributed by atoms with E-state index in [0.29, 0.717) is 0 Å². The molecule has 10 fully saturated rings. The van der Waals surface area contributed by atoms with Gasteiger partial charge in [-0.05, 0) is 54.0 Å². The molecule has 1 unspecified atom stereocenters. The first-order valence-electron chi connectivity index (χ1n) is 31.5. The van der Waals surface area contributed by atoms with E-state index in [9.17, 15) is 55.2 Å². The van der Waals surface area contributed by atoms with Gasteiger partial charge in [0, 0.05) is 34.2 Å². The predicted molar refractivity (Wildman–Crippen MR) is 309 cm³/mol. The molecule has 95 heavy (non-hydrogen) atoms. The number of rotatable bonds is 18. The third-order valence-corrected chi connectivity index (χ3v) is 20.1. The number of carbonyl (C=O) groups excluding carboxylic acids is 3. The lowest BCUT2D eigenvalue weighted by Crippen LogP contribution is -2.72. The summed E-state index contributed by atoms with van der Waals surface area (Å²) in [5, 5.41) is 89.7. The monoisotopic (exact) mass is 1400 g/mol. The molecular weight excluding hydrogens is 1320 g/mol. The number of Topliss-reactive ketones (excluding diaryl/α,β-unsaturated/α-hetero) is 1. The Morgan fingerprint density at radius 3 is 1.99 bits per heavy atom. The van der Waals surface area contributed by atoms with Gasteiger partial charge in [0.25, 0.3) is 5.97 Å². The van der Waals surface area contributed by atoms with Crippen LogP contribution < -0.4 is 0 Å². The summed E-state index contributed by atoms with van der Waals surface area (Å²) in [5.41, 5.74) is -3.83. The number of methoxy groups -OCH3 is 3. The lowest BCUT2D eigenvalue weighted by Gasteiger charge is -2.49. The minimum absolute atomic E-state index is 0.0139. The van der Waals surface area contributed by atoms with Crippen molar-refractivity contribution in [2.45, 2.75) is 270 Å². The molecular formula is C60H86Cl2O33. The lowest BCUT2D eigenvalue weighted by atomic mass is 9.81. The standard InChI is InChI=1S/C60H86Cl2O33/c1-20(2)52(71)87-48-45-31(92-60(93-45)51-50(78-19-79-51)59(73,25(7)64)26(8)91-60)18-77-55(48)89-56-47(76-12)39(69)43(30(83-56)17-74-10)88-54-40(70)46(44(75-11)29(16-63)82-54)85-33-15-57(9)49(24(6)81-33)94-58(95-57)14-28(66)42(23(5)90-58)84-32-13-27(65)41(22(4)80-32)86-53(72)34-21(3)35(61)38(68)36(62)37(34)67/h20,22-24,26-33,39-51,54-56,63,65-70,73H,13-19H2,1-12H3/t22-,23-,24-,26-,27-,28-,29-,30-,31+,32+,33+,39+,40-,41-,42-,43-,44+,45-,46-,47+,48-,49-,50-,51-,54+,55-,56+,57-,58?,59+,60-/m1/s1. The van der Waals surface area contributed by atoms with E-state index in [4.69, 9.17) is 127 Å². The highest BCUT2D eigenvalue weighted by atomic mass is 35.5. The van der Waals surface area contributed by atoms with Crippen LogP contribution in [0.1, 0.15) is 90.6 Å². The molecule has 33 nitrogen and oxygen atoms in total. The zero-order valence-corrected chi connectivity index (χ0v) is 55.7. The summed E-state index contributed by atoms with van der Waals surface area (Å²) in [6.45, 7) is 12.2. The van der Waals surface area contributed by atoms with Crippen LogP contribution in [0, 0.1) is 12.8 Å². The highest BCUT2D eigenvalue weighted by molar-refractivity contribution is 6.39. The number of hydrogen-bond donors (Lipinski definition) is 8. The molecule has 10 aliphatic heterocycles. The van der Waals surface area contributed by atoms with Gasteiger partial charge in [-0.15, -0.1) is 0 Å². The Kier molecular flexibility index (Phi) is 21.9. The molecule has 10 heterocycles. The molecule has 35 heteroatoms. The Morgan fingerprint density at radius 2 is 1.34 bits per heavy atom. The smallest absolute Gasteiger partial charge is 0.342 e. The molecule has 0 amide bonds. The van der Waals surface area contributed by atoms with E-state index >= 15 is 0 Å². The molecule has 11 rings (SSSR count). The van der Waals surface area contributed by atoms with Crippen LogP contribution in [0.2, 0.25) is 10.0 Å². The van der Waals surface area contributed by atoms with Crippen molar-refractivity contribution < 1.29 is 159 Å².